The molecule has 0 amide bonds. The molecule has 92 valence electrons. The second-order valence-electron chi connectivity index (χ2n) is 3.73. The number of hydrogen-bond donors (Lipinski definition) is 1. The maximum atomic E-state index is 5.34. The van der Waals surface area contributed by atoms with Gasteiger partial charge in [0.15, 0.2) is 17.5 Å². The SMILES string of the molecule is CN(C1=NCCN1)c1ccc2c(c1)OCO2.I. The first-order valence-corrected chi connectivity index (χ1v) is 5.26. The minimum Gasteiger partial charge on any atom is -0.454 e. The van der Waals surface area contributed by atoms with Crippen LogP contribution in [-0.2, 0) is 0 Å². The highest BCUT2D eigenvalue weighted by atomic mass is 127. The van der Waals surface area contributed by atoms with E-state index in [1.807, 2.05) is 30.1 Å². The van der Waals surface area contributed by atoms with Crippen LogP contribution in [0.4, 0.5) is 5.69 Å². The van der Waals surface area contributed by atoms with Crippen molar-refractivity contribution in [2.75, 3.05) is 31.8 Å². The van der Waals surface area contributed by atoms with Crippen molar-refractivity contribution in [3.8, 4) is 11.5 Å². The zero-order valence-corrected chi connectivity index (χ0v) is 11.8. The highest BCUT2D eigenvalue weighted by molar-refractivity contribution is 14.0. The first-order chi connectivity index (χ1) is 7.84. The summed E-state index contributed by atoms with van der Waals surface area (Å²) in [5.74, 6) is 2.50. The maximum absolute atomic E-state index is 5.34. The van der Waals surface area contributed by atoms with Crippen LogP contribution in [0.15, 0.2) is 23.2 Å². The third-order valence-corrected chi connectivity index (χ3v) is 2.72. The summed E-state index contributed by atoms with van der Waals surface area (Å²) >= 11 is 0. The fraction of sp³-hybridized carbons (Fsp3) is 0.364. The van der Waals surface area contributed by atoms with Crippen LogP contribution in [0.1, 0.15) is 0 Å². The van der Waals surface area contributed by atoms with Crippen LogP contribution in [0.2, 0.25) is 0 Å². The van der Waals surface area contributed by atoms with Crippen molar-refractivity contribution < 1.29 is 9.47 Å². The number of rotatable bonds is 1. The van der Waals surface area contributed by atoms with E-state index in [0.717, 1.165) is 36.2 Å². The topological polar surface area (TPSA) is 46.1 Å². The van der Waals surface area contributed by atoms with Crippen LogP contribution < -0.4 is 19.7 Å². The highest BCUT2D eigenvalue weighted by Crippen LogP contribution is 2.35. The molecule has 0 saturated carbocycles. The van der Waals surface area contributed by atoms with E-state index >= 15 is 0 Å². The molecule has 0 fully saturated rings. The van der Waals surface area contributed by atoms with Crippen LogP contribution in [-0.4, -0.2) is 32.9 Å². The van der Waals surface area contributed by atoms with Gasteiger partial charge in [-0.3, -0.25) is 4.99 Å². The van der Waals surface area contributed by atoms with Crippen molar-refractivity contribution >= 4 is 35.6 Å². The molecule has 5 nitrogen and oxygen atoms in total. The summed E-state index contributed by atoms with van der Waals surface area (Å²) in [4.78, 5) is 6.37. The predicted octanol–water partition coefficient (Wildman–Crippen LogP) is 1.43. The Morgan fingerprint density at radius 3 is 2.88 bits per heavy atom. The van der Waals surface area contributed by atoms with Gasteiger partial charge in [0, 0.05) is 25.3 Å². The van der Waals surface area contributed by atoms with E-state index in [4.69, 9.17) is 9.47 Å². The Hall–Kier alpha value is -1.18. The number of ether oxygens (including phenoxy) is 2. The van der Waals surface area contributed by atoms with Crippen LogP contribution in [0.5, 0.6) is 11.5 Å². The van der Waals surface area contributed by atoms with Gasteiger partial charge < -0.3 is 19.7 Å². The third-order valence-electron chi connectivity index (χ3n) is 2.72. The number of halogens is 1. The van der Waals surface area contributed by atoms with Crippen molar-refractivity contribution in [3.05, 3.63) is 18.2 Å². The van der Waals surface area contributed by atoms with E-state index in [1.165, 1.54) is 0 Å². The summed E-state index contributed by atoms with van der Waals surface area (Å²) in [5, 5.41) is 3.23. The molecule has 1 aromatic rings. The van der Waals surface area contributed by atoms with Crippen LogP contribution in [0.3, 0.4) is 0 Å². The van der Waals surface area contributed by atoms with Gasteiger partial charge in [-0.25, -0.2) is 0 Å². The minimum atomic E-state index is 0. The molecule has 1 aromatic carbocycles. The molecule has 1 N–H and O–H groups in total. The highest BCUT2D eigenvalue weighted by Gasteiger charge is 2.17. The summed E-state index contributed by atoms with van der Waals surface area (Å²) < 4.78 is 10.6. The fourth-order valence-electron chi connectivity index (χ4n) is 1.83. The molecule has 2 aliphatic heterocycles. The average molecular weight is 347 g/mol. The van der Waals surface area contributed by atoms with Gasteiger partial charge in [0.1, 0.15) is 0 Å². The molecular weight excluding hydrogens is 333 g/mol. The van der Waals surface area contributed by atoms with Gasteiger partial charge in [0.25, 0.3) is 0 Å². The summed E-state index contributed by atoms with van der Waals surface area (Å²) in [7, 11) is 1.98. The predicted molar refractivity (Wildman–Crippen MR) is 76.7 cm³/mol. The van der Waals surface area contributed by atoms with Gasteiger partial charge in [-0.15, -0.1) is 24.0 Å². The normalized spacial score (nSPS) is 15.9. The van der Waals surface area contributed by atoms with Gasteiger partial charge >= 0.3 is 0 Å². The molecule has 0 atom stereocenters. The molecule has 0 unspecified atom stereocenters. The van der Waals surface area contributed by atoms with Crippen LogP contribution in [0.25, 0.3) is 0 Å². The lowest BCUT2D eigenvalue weighted by Crippen LogP contribution is -2.35. The summed E-state index contributed by atoms with van der Waals surface area (Å²) in [6, 6.07) is 5.88. The van der Waals surface area contributed by atoms with Gasteiger partial charge in [-0.05, 0) is 12.1 Å². The standard InChI is InChI=1S/C11H13N3O2.HI/c1-14(11-12-4-5-13-11)8-2-3-9-10(6-8)16-7-15-9;/h2-3,6H,4-5,7H2,1H3,(H,12,13);1H. The van der Waals surface area contributed by atoms with E-state index in [1.54, 1.807) is 0 Å². The average Bonchev–Trinajstić information content (AvgIpc) is 2.98. The van der Waals surface area contributed by atoms with Crippen LogP contribution in [0, 0.1) is 0 Å². The number of benzene rings is 1. The fourth-order valence-corrected chi connectivity index (χ4v) is 1.83. The zero-order chi connectivity index (χ0) is 11.0. The molecule has 2 aliphatic rings. The second-order valence-corrected chi connectivity index (χ2v) is 3.73. The first-order valence-electron chi connectivity index (χ1n) is 5.26. The van der Waals surface area contributed by atoms with E-state index < -0.39 is 0 Å². The molecule has 3 rings (SSSR count). The quantitative estimate of drug-likeness (QED) is 0.781. The Balaban J connectivity index is 0.00000108. The van der Waals surface area contributed by atoms with Gasteiger partial charge in [-0.2, -0.15) is 0 Å². The molecule has 0 radical (unpaired) electrons. The smallest absolute Gasteiger partial charge is 0.231 e. The van der Waals surface area contributed by atoms with Gasteiger partial charge in [-0.1, -0.05) is 0 Å². The molecule has 0 aliphatic carbocycles. The largest absolute Gasteiger partial charge is 0.454 e. The number of hydrogen-bond acceptors (Lipinski definition) is 5. The summed E-state index contributed by atoms with van der Waals surface area (Å²) in [6.45, 7) is 2.05. The first kappa shape index (κ1) is 12.3. The maximum Gasteiger partial charge on any atom is 0.231 e. The van der Waals surface area contributed by atoms with E-state index in [0.29, 0.717) is 6.79 Å². The van der Waals surface area contributed by atoms with Crippen molar-refractivity contribution in [1.82, 2.24) is 5.32 Å². The van der Waals surface area contributed by atoms with Gasteiger partial charge in [0.05, 0.1) is 6.54 Å². The molecule has 0 bridgehead atoms. The lowest BCUT2D eigenvalue weighted by molar-refractivity contribution is 0.174. The third kappa shape index (κ3) is 2.26. The van der Waals surface area contributed by atoms with Crippen molar-refractivity contribution in [2.24, 2.45) is 4.99 Å². The van der Waals surface area contributed by atoms with Crippen molar-refractivity contribution in [3.63, 3.8) is 0 Å². The second kappa shape index (κ2) is 4.99. The zero-order valence-electron chi connectivity index (χ0n) is 9.47. The number of nitrogens with zero attached hydrogens (tertiary/aromatic N) is 2. The molecule has 6 heteroatoms. The molecule has 2 heterocycles. The van der Waals surface area contributed by atoms with E-state index in [9.17, 15) is 0 Å². The Labute approximate surface area is 117 Å². The Bertz CT molecular complexity index is 450. The molecule has 0 spiro atoms. The number of nitrogens with one attached hydrogen (secondary N) is 1. The lowest BCUT2D eigenvalue weighted by Gasteiger charge is -2.19. The Morgan fingerprint density at radius 1 is 1.29 bits per heavy atom. The number of guanidine groups is 1. The van der Waals surface area contributed by atoms with E-state index in [2.05, 4.69) is 10.3 Å². The molecule has 17 heavy (non-hydrogen) atoms. The molecule has 0 aromatic heterocycles. The van der Waals surface area contributed by atoms with Crippen LogP contribution >= 0.6 is 24.0 Å². The number of fused-ring (bicyclic) bond motifs is 1. The minimum absolute atomic E-state index is 0. The lowest BCUT2D eigenvalue weighted by atomic mass is 10.2. The molecule has 0 saturated heterocycles. The summed E-state index contributed by atoms with van der Waals surface area (Å²) in [5.41, 5.74) is 1.04. The molecular formula is C11H14IN3O2. The number of anilines is 1. The van der Waals surface area contributed by atoms with Crippen molar-refractivity contribution in [1.29, 1.82) is 0 Å². The van der Waals surface area contributed by atoms with Gasteiger partial charge in [0.2, 0.25) is 6.79 Å². The van der Waals surface area contributed by atoms with E-state index in [-0.39, 0.29) is 24.0 Å². The Morgan fingerprint density at radius 2 is 2.12 bits per heavy atom. The number of aliphatic imine (C=N–C) groups is 1. The summed E-state index contributed by atoms with van der Waals surface area (Å²) in [6.07, 6.45) is 0. The monoisotopic (exact) mass is 347 g/mol. The Kier molecular flexibility index (Phi) is 3.60. The van der Waals surface area contributed by atoms with Crippen molar-refractivity contribution in [2.45, 2.75) is 0 Å².